The molecule has 0 saturated carbocycles. The van der Waals surface area contributed by atoms with Gasteiger partial charge in [-0.1, -0.05) is 6.92 Å². The van der Waals surface area contributed by atoms with E-state index < -0.39 is 0 Å². The maximum Gasteiger partial charge on any atom is 0.234 e. The van der Waals surface area contributed by atoms with Crippen molar-refractivity contribution in [1.82, 2.24) is 10.2 Å². The Bertz CT molecular complexity index is 391. The maximum absolute atomic E-state index is 12.0. The molecule has 0 aromatic carbocycles. The number of carbonyl (C=O) groups is 1. The van der Waals surface area contributed by atoms with Gasteiger partial charge >= 0.3 is 0 Å². The molecule has 2 rings (SSSR count). The standard InChI is InChI=1S/C14H22N2O3/c1-3-12-9-16(6-8-18-12)10-14(17)15-11(2)13-5-4-7-19-13/h4-5,7,11-12H,3,6,8-10H2,1-2H3,(H,15,17)/t11-,12+/m0/s1. The zero-order valence-electron chi connectivity index (χ0n) is 11.6. The maximum atomic E-state index is 12.0. The second-order valence-electron chi connectivity index (χ2n) is 4.94. The van der Waals surface area contributed by atoms with Gasteiger partial charge in [0.25, 0.3) is 0 Å². The van der Waals surface area contributed by atoms with E-state index in [1.54, 1.807) is 6.26 Å². The van der Waals surface area contributed by atoms with E-state index in [2.05, 4.69) is 17.1 Å². The molecule has 19 heavy (non-hydrogen) atoms. The zero-order valence-corrected chi connectivity index (χ0v) is 11.6. The van der Waals surface area contributed by atoms with Gasteiger partial charge < -0.3 is 14.5 Å². The van der Waals surface area contributed by atoms with Crippen molar-refractivity contribution in [3.8, 4) is 0 Å². The number of nitrogens with one attached hydrogen (secondary N) is 1. The van der Waals surface area contributed by atoms with Gasteiger partial charge in [-0.3, -0.25) is 9.69 Å². The van der Waals surface area contributed by atoms with Crippen LogP contribution in [0.15, 0.2) is 22.8 Å². The first-order valence-corrected chi connectivity index (χ1v) is 6.85. The summed E-state index contributed by atoms with van der Waals surface area (Å²) in [6, 6.07) is 3.60. The van der Waals surface area contributed by atoms with Crippen LogP contribution in [0.4, 0.5) is 0 Å². The van der Waals surface area contributed by atoms with Crippen molar-refractivity contribution in [2.75, 3.05) is 26.2 Å². The summed E-state index contributed by atoms with van der Waals surface area (Å²) < 4.78 is 10.9. The van der Waals surface area contributed by atoms with Crippen LogP contribution in [0.5, 0.6) is 0 Å². The zero-order chi connectivity index (χ0) is 13.7. The molecule has 5 nitrogen and oxygen atoms in total. The predicted molar refractivity (Wildman–Crippen MR) is 71.7 cm³/mol. The molecule has 0 aliphatic carbocycles. The van der Waals surface area contributed by atoms with E-state index in [4.69, 9.17) is 9.15 Å². The molecule has 1 fully saturated rings. The van der Waals surface area contributed by atoms with E-state index in [1.807, 2.05) is 19.1 Å². The highest BCUT2D eigenvalue weighted by molar-refractivity contribution is 5.78. The molecule has 1 saturated heterocycles. The average molecular weight is 266 g/mol. The lowest BCUT2D eigenvalue weighted by molar-refractivity contribution is -0.125. The molecule has 1 aliphatic rings. The van der Waals surface area contributed by atoms with E-state index in [0.717, 1.165) is 25.3 Å². The molecule has 1 aromatic rings. The molecule has 0 bridgehead atoms. The molecule has 1 N–H and O–H groups in total. The third-order valence-electron chi connectivity index (χ3n) is 3.39. The van der Waals surface area contributed by atoms with Gasteiger partial charge in [0, 0.05) is 13.1 Å². The number of morpholine rings is 1. The Kier molecular flexibility index (Phi) is 4.99. The van der Waals surface area contributed by atoms with Crippen LogP contribution in [0.3, 0.4) is 0 Å². The predicted octanol–water partition coefficient (Wildman–Crippen LogP) is 1.57. The van der Waals surface area contributed by atoms with Crippen molar-refractivity contribution in [3.63, 3.8) is 0 Å². The molecule has 5 heteroatoms. The van der Waals surface area contributed by atoms with Crippen LogP contribution < -0.4 is 5.32 Å². The van der Waals surface area contributed by atoms with Crippen LogP contribution >= 0.6 is 0 Å². The Balaban J connectivity index is 1.77. The molecule has 0 radical (unpaired) electrons. The summed E-state index contributed by atoms with van der Waals surface area (Å²) in [6.45, 7) is 6.81. The molecule has 1 amide bonds. The number of hydrogen-bond donors (Lipinski definition) is 1. The normalized spacial score (nSPS) is 22.1. The Morgan fingerprint density at radius 1 is 1.63 bits per heavy atom. The fourth-order valence-electron chi connectivity index (χ4n) is 2.27. The fourth-order valence-corrected chi connectivity index (χ4v) is 2.27. The second kappa shape index (κ2) is 6.73. The summed E-state index contributed by atoms with van der Waals surface area (Å²) in [5.41, 5.74) is 0. The van der Waals surface area contributed by atoms with Gasteiger partial charge in [0.15, 0.2) is 0 Å². The minimum Gasteiger partial charge on any atom is -0.467 e. The highest BCUT2D eigenvalue weighted by Gasteiger charge is 2.21. The smallest absolute Gasteiger partial charge is 0.234 e. The highest BCUT2D eigenvalue weighted by atomic mass is 16.5. The summed E-state index contributed by atoms with van der Waals surface area (Å²) >= 11 is 0. The number of carbonyl (C=O) groups excluding carboxylic acids is 1. The lowest BCUT2D eigenvalue weighted by Crippen LogP contribution is -2.47. The molecular weight excluding hydrogens is 244 g/mol. The minimum atomic E-state index is -0.0921. The summed E-state index contributed by atoms with van der Waals surface area (Å²) in [5, 5.41) is 2.95. The fraction of sp³-hybridized carbons (Fsp3) is 0.643. The molecule has 2 atom stereocenters. The molecular formula is C14H22N2O3. The average Bonchev–Trinajstić information content (AvgIpc) is 2.92. The first kappa shape index (κ1) is 14.1. The van der Waals surface area contributed by atoms with E-state index in [1.165, 1.54) is 0 Å². The molecule has 1 aromatic heterocycles. The van der Waals surface area contributed by atoms with Gasteiger partial charge in [0.2, 0.25) is 5.91 Å². The van der Waals surface area contributed by atoms with E-state index >= 15 is 0 Å². The Morgan fingerprint density at radius 2 is 2.47 bits per heavy atom. The lowest BCUT2D eigenvalue weighted by Gasteiger charge is -2.32. The number of furan rings is 1. The molecule has 106 valence electrons. The molecule has 0 unspecified atom stereocenters. The van der Waals surface area contributed by atoms with Crippen LogP contribution in [0.2, 0.25) is 0 Å². The van der Waals surface area contributed by atoms with Crippen molar-refractivity contribution in [3.05, 3.63) is 24.2 Å². The Morgan fingerprint density at radius 3 is 3.16 bits per heavy atom. The first-order chi connectivity index (χ1) is 9.19. The van der Waals surface area contributed by atoms with Crippen LogP contribution in [-0.2, 0) is 9.53 Å². The molecule has 2 heterocycles. The number of amides is 1. The number of hydrogen-bond acceptors (Lipinski definition) is 4. The van der Waals surface area contributed by atoms with Crippen LogP contribution in [0.25, 0.3) is 0 Å². The van der Waals surface area contributed by atoms with Crippen molar-refractivity contribution in [2.45, 2.75) is 32.4 Å². The van der Waals surface area contributed by atoms with E-state index in [0.29, 0.717) is 13.2 Å². The molecule has 1 aliphatic heterocycles. The highest BCUT2D eigenvalue weighted by Crippen LogP contribution is 2.12. The van der Waals surface area contributed by atoms with Gasteiger partial charge in [-0.2, -0.15) is 0 Å². The largest absolute Gasteiger partial charge is 0.467 e. The summed E-state index contributed by atoms with van der Waals surface area (Å²) in [4.78, 5) is 14.1. The quantitative estimate of drug-likeness (QED) is 0.879. The van der Waals surface area contributed by atoms with Crippen LogP contribution in [-0.4, -0.2) is 43.2 Å². The third kappa shape index (κ3) is 4.08. The van der Waals surface area contributed by atoms with E-state index in [9.17, 15) is 4.79 Å². The second-order valence-corrected chi connectivity index (χ2v) is 4.94. The van der Waals surface area contributed by atoms with Gasteiger partial charge in [0.1, 0.15) is 5.76 Å². The van der Waals surface area contributed by atoms with Crippen LogP contribution in [0, 0.1) is 0 Å². The van der Waals surface area contributed by atoms with Crippen LogP contribution in [0.1, 0.15) is 32.1 Å². The van der Waals surface area contributed by atoms with Gasteiger partial charge in [-0.25, -0.2) is 0 Å². The number of rotatable bonds is 5. The Hall–Kier alpha value is -1.33. The lowest BCUT2D eigenvalue weighted by atomic mass is 10.2. The summed E-state index contributed by atoms with van der Waals surface area (Å²) in [6.07, 6.45) is 2.86. The summed E-state index contributed by atoms with van der Waals surface area (Å²) in [5.74, 6) is 0.808. The van der Waals surface area contributed by atoms with Gasteiger partial charge in [-0.15, -0.1) is 0 Å². The Labute approximate surface area is 113 Å². The van der Waals surface area contributed by atoms with Gasteiger partial charge in [-0.05, 0) is 25.5 Å². The first-order valence-electron chi connectivity index (χ1n) is 6.85. The monoisotopic (exact) mass is 266 g/mol. The van der Waals surface area contributed by atoms with Crippen molar-refractivity contribution in [2.24, 2.45) is 0 Å². The topological polar surface area (TPSA) is 54.7 Å². The summed E-state index contributed by atoms with van der Waals surface area (Å²) in [7, 11) is 0. The van der Waals surface area contributed by atoms with E-state index in [-0.39, 0.29) is 18.1 Å². The van der Waals surface area contributed by atoms with Crippen molar-refractivity contribution < 1.29 is 13.9 Å². The minimum absolute atomic E-state index is 0.0284. The van der Waals surface area contributed by atoms with Crippen molar-refractivity contribution >= 4 is 5.91 Å². The molecule has 0 spiro atoms. The number of ether oxygens (including phenoxy) is 1. The number of nitrogens with zero attached hydrogens (tertiary/aromatic N) is 1. The third-order valence-corrected chi connectivity index (χ3v) is 3.39. The van der Waals surface area contributed by atoms with Crippen molar-refractivity contribution in [1.29, 1.82) is 0 Å². The van der Waals surface area contributed by atoms with Gasteiger partial charge in [0.05, 0.1) is 31.6 Å². The SMILES string of the molecule is CC[C@@H]1CN(CC(=O)N[C@@H](C)c2ccco2)CCO1.